The fourth-order valence-corrected chi connectivity index (χ4v) is 3.84. The number of nitrogens with one attached hydrogen (secondary N) is 2. The summed E-state index contributed by atoms with van der Waals surface area (Å²) in [5, 5.41) is 5.63. The van der Waals surface area contributed by atoms with Crippen LogP contribution in [-0.2, 0) is 22.5 Å². The lowest BCUT2D eigenvalue weighted by Crippen LogP contribution is -2.28. The van der Waals surface area contributed by atoms with Gasteiger partial charge < -0.3 is 20.1 Å². The number of carbonyl (C=O) groups excluding carboxylic acids is 2. The summed E-state index contributed by atoms with van der Waals surface area (Å²) in [6, 6.07) is 15.7. The molecule has 0 aromatic heterocycles. The number of hydrogen-bond acceptors (Lipinski definition) is 4. The number of rotatable bonds is 8. The molecule has 10 heteroatoms. The summed E-state index contributed by atoms with van der Waals surface area (Å²) in [6.45, 7) is -2.77. The second kappa shape index (κ2) is 11.7. The van der Waals surface area contributed by atoms with E-state index in [1.807, 2.05) is 0 Å². The summed E-state index contributed by atoms with van der Waals surface area (Å²) in [5.41, 5.74) is 2.54. The van der Waals surface area contributed by atoms with Crippen LogP contribution in [0.3, 0.4) is 0 Å². The number of carbonyl (C=O) groups is 2. The van der Waals surface area contributed by atoms with Gasteiger partial charge in [-0.3, -0.25) is 4.79 Å². The molecule has 0 saturated heterocycles. The van der Waals surface area contributed by atoms with Gasteiger partial charge in [0.25, 0.3) is 0 Å². The maximum absolute atomic E-state index is 12.7. The Bertz CT molecular complexity index is 1150. The third-order valence-corrected chi connectivity index (χ3v) is 5.32. The minimum atomic E-state index is -3.01. The van der Waals surface area contributed by atoms with Gasteiger partial charge in [-0.15, -0.1) is 0 Å². The van der Waals surface area contributed by atoms with Crippen LogP contribution in [0.15, 0.2) is 60.7 Å². The van der Waals surface area contributed by atoms with E-state index < -0.39 is 12.6 Å². The number of urea groups is 1. The highest BCUT2D eigenvalue weighted by molar-refractivity contribution is 6.40. The van der Waals surface area contributed by atoms with Gasteiger partial charge in [0.05, 0.1) is 23.6 Å². The second-order valence-corrected chi connectivity index (χ2v) is 7.88. The lowest BCUT2D eigenvalue weighted by molar-refractivity contribution is -0.139. The lowest BCUT2D eigenvalue weighted by Gasteiger charge is -2.15. The quantitative estimate of drug-likeness (QED) is 0.350. The maximum atomic E-state index is 12.7. The highest BCUT2D eigenvalue weighted by Gasteiger charge is 2.17. The SMILES string of the molecule is COC(=O)Cc1ccc(CNC(=O)Nc2cc(Cl)c(-c3ccccc3OC(F)F)c(Cl)c2)cc1. The van der Waals surface area contributed by atoms with Crippen LogP contribution in [0.2, 0.25) is 10.0 Å². The molecule has 0 atom stereocenters. The van der Waals surface area contributed by atoms with E-state index in [0.29, 0.717) is 16.8 Å². The summed E-state index contributed by atoms with van der Waals surface area (Å²) in [7, 11) is 1.33. The molecule has 3 rings (SSSR count). The molecule has 2 N–H and O–H groups in total. The number of halogens is 4. The van der Waals surface area contributed by atoms with Crippen molar-refractivity contribution in [3.05, 3.63) is 81.8 Å². The average molecular weight is 509 g/mol. The first-order valence-electron chi connectivity index (χ1n) is 9.99. The molecule has 0 fully saturated rings. The molecule has 34 heavy (non-hydrogen) atoms. The zero-order valence-corrected chi connectivity index (χ0v) is 19.4. The third-order valence-electron chi connectivity index (χ3n) is 4.72. The van der Waals surface area contributed by atoms with E-state index in [2.05, 4.69) is 20.1 Å². The Kier molecular flexibility index (Phi) is 8.67. The van der Waals surface area contributed by atoms with Gasteiger partial charge in [0, 0.05) is 23.4 Å². The monoisotopic (exact) mass is 508 g/mol. The van der Waals surface area contributed by atoms with Gasteiger partial charge >= 0.3 is 18.6 Å². The van der Waals surface area contributed by atoms with E-state index in [1.54, 1.807) is 42.5 Å². The number of anilines is 1. The summed E-state index contributed by atoms with van der Waals surface area (Å²) >= 11 is 12.7. The topological polar surface area (TPSA) is 76.7 Å². The van der Waals surface area contributed by atoms with E-state index in [9.17, 15) is 18.4 Å². The first-order valence-corrected chi connectivity index (χ1v) is 10.7. The molecule has 0 heterocycles. The molecule has 0 bridgehead atoms. The number of esters is 1. The van der Waals surface area contributed by atoms with Gasteiger partial charge in [0.2, 0.25) is 0 Å². The molecule has 0 aliphatic heterocycles. The van der Waals surface area contributed by atoms with Crippen molar-refractivity contribution in [3.8, 4) is 16.9 Å². The fourth-order valence-electron chi connectivity index (χ4n) is 3.15. The Morgan fingerprint density at radius 2 is 1.59 bits per heavy atom. The van der Waals surface area contributed by atoms with Crippen molar-refractivity contribution in [1.29, 1.82) is 0 Å². The average Bonchev–Trinajstić information content (AvgIpc) is 2.79. The highest BCUT2D eigenvalue weighted by Crippen LogP contribution is 2.41. The van der Waals surface area contributed by atoms with Crippen molar-refractivity contribution in [2.45, 2.75) is 19.6 Å². The van der Waals surface area contributed by atoms with Crippen LogP contribution >= 0.6 is 23.2 Å². The Morgan fingerprint density at radius 3 is 2.21 bits per heavy atom. The molecule has 3 aromatic carbocycles. The van der Waals surface area contributed by atoms with E-state index >= 15 is 0 Å². The van der Waals surface area contributed by atoms with Crippen molar-refractivity contribution in [2.75, 3.05) is 12.4 Å². The van der Waals surface area contributed by atoms with E-state index in [-0.39, 0.29) is 34.7 Å². The van der Waals surface area contributed by atoms with Gasteiger partial charge in [-0.05, 0) is 29.3 Å². The molecule has 0 radical (unpaired) electrons. The summed E-state index contributed by atoms with van der Waals surface area (Å²) in [5.74, 6) is -0.406. The predicted octanol–water partition coefficient (Wildman–Crippen LogP) is 6.30. The van der Waals surface area contributed by atoms with Crippen molar-refractivity contribution >= 4 is 40.9 Å². The van der Waals surface area contributed by atoms with Crippen LogP contribution < -0.4 is 15.4 Å². The number of para-hydroxylation sites is 1. The first kappa shape index (κ1) is 25.3. The van der Waals surface area contributed by atoms with E-state index in [1.165, 1.54) is 25.3 Å². The van der Waals surface area contributed by atoms with Gasteiger partial charge in [-0.2, -0.15) is 8.78 Å². The molecular weight excluding hydrogens is 489 g/mol. The smallest absolute Gasteiger partial charge is 0.387 e. The number of benzene rings is 3. The van der Waals surface area contributed by atoms with Crippen molar-refractivity contribution in [1.82, 2.24) is 5.32 Å². The van der Waals surface area contributed by atoms with Crippen molar-refractivity contribution < 1.29 is 27.8 Å². The molecule has 0 saturated carbocycles. The minimum absolute atomic E-state index is 0.0719. The number of ether oxygens (including phenoxy) is 2. The zero-order valence-electron chi connectivity index (χ0n) is 17.9. The highest BCUT2D eigenvalue weighted by atomic mass is 35.5. The summed E-state index contributed by atoms with van der Waals surface area (Å²) < 4.78 is 34.7. The standard InChI is InChI=1S/C24H20Cl2F2N2O4/c1-33-21(31)10-14-6-8-15(9-7-14)13-29-24(32)30-16-11-18(25)22(19(26)12-16)17-4-2-3-5-20(17)34-23(27)28/h2-9,11-12,23H,10,13H2,1H3,(H2,29,30,32). The summed E-state index contributed by atoms with van der Waals surface area (Å²) in [6.07, 6.45) is 0.168. The minimum Gasteiger partial charge on any atom is -0.469 e. The molecule has 0 aliphatic carbocycles. The van der Waals surface area contributed by atoms with Crippen LogP contribution in [-0.4, -0.2) is 25.7 Å². The van der Waals surface area contributed by atoms with Gasteiger partial charge in [0.15, 0.2) is 0 Å². The van der Waals surface area contributed by atoms with Crippen LogP contribution in [0.5, 0.6) is 5.75 Å². The van der Waals surface area contributed by atoms with Crippen LogP contribution in [0.25, 0.3) is 11.1 Å². The van der Waals surface area contributed by atoms with Crippen molar-refractivity contribution in [3.63, 3.8) is 0 Å². The lowest BCUT2D eigenvalue weighted by atomic mass is 10.0. The fraction of sp³-hybridized carbons (Fsp3) is 0.167. The predicted molar refractivity (Wildman–Crippen MR) is 127 cm³/mol. The molecule has 3 aromatic rings. The molecule has 0 spiro atoms. The van der Waals surface area contributed by atoms with Crippen molar-refractivity contribution in [2.24, 2.45) is 0 Å². The van der Waals surface area contributed by atoms with E-state index in [0.717, 1.165) is 11.1 Å². The van der Waals surface area contributed by atoms with Gasteiger partial charge in [0.1, 0.15) is 5.75 Å². The van der Waals surface area contributed by atoms with Crippen LogP contribution in [0.1, 0.15) is 11.1 Å². The van der Waals surface area contributed by atoms with Crippen LogP contribution in [0.4, 0.5) is 19.3 Å². The van der Waals surface area contributed by atoms with Crippen LogP contribution in [0, 0.1) is 0 Å². The normalized spacial score (nSPS) is 10.6. The summed E-state index contributed by atoms with van der Waals surface area (Å²) in [4.78, 5) is 23.6. The largest absolute Gasteiger partial charge is 0.469 e. The second-order valence-electron chi connectivity index (χ2n) is 7.07. The van der Waals surface area contributed by atoms with Gasteiger partial charge in [-0.25, -0.2) is 4.79 Å². The molecular formula is C24H20Cl2F2N2O4. The number of alkyl halides is 2. The Morgan fingerprint density at radius 1 is 0.971 bits per heavy atom. The number of amides is 2. The molecule has 0 unspecified atom stereocenters. The molecule has 178 valence electrons. The Balaban J connectivity index is 1.66. The number of hydrogen-bond donors (Lipinski definition) is 2. The molecule has 0 aliphatic rings. The first-order chi connectivity index (χ1) is 16.3. The van der Waals surface area contributed by atoms with Gasteiger partial charge in [-0.1, -0.05) is 65.7 Å². The zero-order chi connectivity index (χ0) is 24.7. The molecule has 2 amide bonds. The Labute approximate surface area is 204 Å². The number of methoxy groups -OCH3 is 1. The maximum Gasteiger partial charge on any atom is 0.387 e. The van der Waals surface area contributed by atoms with E-state index in [4.69, 9.17) is 23.2 Å². The third kappa shape index (κ3) is 6.82. The molecule has 6 nitrogen and oxygen atoms in total. The Hall–Kier alpha value is -3.36.